The predicted octanol–water partition coefficient (Wildman–Crippen LogP) is 3.09. The van der Waals surface area contributed by atoms with Gasteiger partial charge in [-0.25, -0.2) is 0 Å². The van der Waals surface area contributed by atoms with E-state index >= 15 is 0 Å². The molecule has 0 spiro atoms. The van der Waals surface area contributed by atoms with Crippen LogP contribution in [0.5, 0.6) is 0 Å². The van der Waals surface area contributed by atoms with Crippen LogP contribution in [0.3, 0.4) is 0 Å². The highest BCUT2D eigenvalue weighted by Crippen LogP contribution is 2.28. The van der Waals surface area contributed by atoms with E-state index in [-0.39, 0.29) is 5.29 Å². The van der Waals surface area contributed by atoms with E-state index in [2.05, 4.69) is 36.6 Å². The molecule has 0 bridgehead atoms. The van der Waals surface area contributed by atoms with Crippen LogP contribution in [0, 0.1) is 11.3 Å². The van der Waals surface area contributed by atoms with E-state index in [4.69, 9.17) is 5.26 Å². The lowest BCUT2D eigenvalue weighted by Crippen LogP contribution is -2.53. The summed E-state index contributed by atoms with van der Waals surface area (Å²) in [5.41, 5.74) is 0. The molecule has 0 aromatic rings. The fourth-order valence-corrected chi connectivity index (χ4v) is 4.90. The zero-order valence-electron chi connectivity index (χ0n) is 15.4. The van der Waals surface area contributed by atoms with Gasteiger partial charge in [-0.1, -0.05) is 51.9 Å². The second kappa shape index (κ2) is 10.4. The highest BCUT2D eigenvalue weighted by Gasteiger charge is 2.42. The molecule has 4 heteroatoms. The van der Waals surface area contributed by atoms with Gasteiger partial charge < -0.3 is 0 Å². The molecule has 1 aliphatic rings. The molecule has 0 aliphatic carbocycles. The molecule has 0 aromatic carbocycles. The van der Waals surface area contributed by atoms with Crippen molar-refractivity contribution in [1.82, 2.24) is 9.80 Å². The van der Waals surface area contributed by atoms with E-state index in [0.717, 1.165) is 16.8 Å². The van der Waals surface area contributed by atoms with Crippen LogP contribution in [-0.2, 0) is 0 Å². The summed E-state index contributed by atoms with van der Waals surface area (Å²) in [7, 11) is 1.15. The summed E-state index contributed by atoms with van der Waals surface area (Å²) in [4.78, 5) is 5.24. The van der Waals surface area contributed by atoms with E-state index in [0.29, 0.717) is 12.5 Å². The molecule has 128 valence electrons. The van der Waals surface area contributed by atoms with Gasteiger partial charge in [0.25, 0.3) is 0 Å². The Morgan fingerprint density at radius 2 is 1.68 bits per heavy atom. The molecule has 22 heavy (non-hydrogen) atoms. The minimum absolute atomic E-state index is 0.247. The Labute approximate surface area is 141 Å². The zero-order valence-corrected chi connectivity index (χ0v) is 17.4. The molecule has 1 heterocycles. The topological polar surface area (TPSA) is 30.3 Å². The molecule has 0 saturated carbocycles. The third kappa shape index (κ3) is 6.02. The summed E-state index contributed by atoms with van der Waals surface area (Å²) in [6, 6.07) is 2.91. The van der Waals surface area contributed by atoms with Crippen LogP contribution < -0.4 is 0 Å². The number of rotatable bonds is 11. The molecule has 1 fully saturated rings. The standard InChI is InChI=1S/C18H37N3Si/c1-4-5-6-7-8-9-10-11-14-20-16-17(2)21(15-12-13-19)18(20,3)22/h17H,4-12,14-16H2,1-3,22H3. The third-order valence-corrected chi connectivity index (χ3v) is 6.45. The van der Waals surface area contributed by atoms with E-state index in [1.165, 1.54) is 64.5 Å². The van der Waals surface area contributed by atoms with Crippen molar-refractivity contribution in [1.29, 1.82) is 5.26 Å². The minimum atomic E-state index is 0.247. The van der Waals surface area contributed by atoms with Crippen molar-refractivity contribution in [3.8, 4) is 6.07 Å². The van der Waals surface area contributed by atoms with Gasteiger partial charge in [0.1, 0.15) is 0 Å². The molecular weight excluding hydrogens is 286 g/mol. The molecule has 0 radical (unpaired) electrons. The molecule has 1 aliphatic heterocycles. The normalized spacial score (nSPS) is 26.5. The Morgan fingerprint density at radius 3 is 2.27 bits per heavy atom. The lowest BCUT2D eigenvalue weighted by Gasteiger charge is -2.39. The van der Waals surface area contributed by atoms with Gasteiger partial charge >= 0.3 is 0 Å². The molecule has 0 aromatic heterocycles. The van der Waals surface area contributed by atoms with Crippen LogP contribution in [0.4, 0.5) is 0 Å². The molecule has 2 unspecified atom stereocenters. The number of unbranched alkanes of at least 4 members (excludes halogenated alkanes) is 7. The van der Waals surface area contributed by atoms with Crippen LogP contribution in [0.1, 0.15) is 78.6 Å². The fraction of sp³-hybridized carbons (Fsp3) is 0.944. The first-order valence-electron chi connectivity index (χ1n) is 9.42. The smallest absolute Gasteiger partial charge is 0.0635 e. The monoisotopic (exact) mass is 323 g/mol. The van der Waals surface area contributed by atoms with Crippen LogP contribution >= 0.6 is 0 Å². The number of hydrogen-bond acceptors (Lipinski definition) is 3. The summed E-state index contributed by atoms with van der Waals surface area (Å²) < 4.78 is 0. The van der Waals surface area contributed by atoms with Crippen molar-refractivity contribution in [3.05, 3.63) is 0 Å². The Hall–Kier alpha value is -0.373. The van der Waals surface area contributed by atoms with Crippen molar-refractivity contribution < 1.29 is 0 Å². The third-order valence-electron chi connectivity index (χ3n) is 5.24. The molecule has 2 atom stereocenters. The van der Waals surface area contributed by atoms with Gasteiger partial charge in [0.2, 0.25) is 0 Å². The average molecular weight is 324 g/mol. The summed E-state index contributed by atoms with van der Waals surface area (Å²) >= 11 is 0. The number of nitrogens with zero attached hydrogens (tertiary/aromatic N) is 3. The van der Waals surface area contributed by atoms with Gasteiger partial charge in [-0.05, 0) is 26.8 Å². The van der Waals surface area contributed by atoms with Crippen LogP contribution in [0.2, 0.25) is 0 Å². The van der Waals surface area contributed by atoms with Crippen molar-refractivity contribution in [2.75, 3.05) is 19.6 Å². The lowest BCUT2D eigenvalue weighted by molar-refractivity contribution is 0.0991. The van der Waals surface area contributed by atoms with E-state index in [1.54, 1.807) is 0 Å². The molecule has 1 saturated heterocycles. The molecule has 0 amide bonds. The van der Waals surface area contributed by atoms with E-state index < -0.39 is 0 Å². The highest BCUT2D eigenvalue weighted by atomic mass is 28.1. The largest absolute Gasteiger partial charge is 0.288 e. The highest BCUT2D eigenvalue weighted by molar-refractivity contribution is 6.14. The quantitative estimate of drug-likeness (QED) is 0.432. The number of nitriles is 1. The summed E-state index contributed by atoms with van der Waals surface area (Å²) in [5.74, 6) is 0. The Kier molecular flexibility index (Phi) is 9.31. The second-order valence-electron chi connectivity index (χ2n) is 7.37. The Bertz CT molecular complexity index is 338. The first-order valence-corrected chi connectivity index (χ1v) is 10.4. The van der Waals surface area contributed by atoms with Gasteiger partial charge in [0.15, 0.2) is 0 Å². The maximum absolute atomic E-state index is 8.85. The van der Waals surface area contributed by atoms with E-state index in [1.807, 2.05) is 0 Å². The molecule has 3 nitrogen and oxygen atoms in total. The molecular formula is C18H37N3Si. The number of hydrogen-bond donors (Lipinski definition) is 0. The zero-order chi connectivity index (χ0) is 16.4. The Morgan fingerprint density at radius 1 is 1.09 bits per heavy atom. The van der Waals surface area contributed by atoms with E-state index in [9.17, 15) is 0 Å². The average Bonchev–Trinajstić information content (AvgIpc) is 2.69. The van der Waals surface area contributed by atoms with Gasteiger partial charge in [-0.2, -0.15) is 5.26 Å². The van der Waals surface area contributed by atoms with Crippen molar-refractivity contribution in [3.63, 3.8) is 0 Å². The SMILES string of the molecule is CCCCCCCCCCN1CC(C)N(CCC#N)C1(C)[SiH3]. The van der Waals surface area contributed by atoms with Gasteiger partial charge in [0.05, 0.1) is 6.07 Å². The van der Waals surface area contributed by atoms with Crippen LogP contribution in [-0.4, -0.2) is 51.0 Å². The summed E-state index contributed by atoms with van der Waals surface area (Å²) in [6.07, 6.45) is 11.8. The first kappa shape index (κ1) is 19.7. The van der Waals surface area contributed by atoms with Crippen molar-refractivity contribution in [2.45, 2.75) is 89.9 Å². The van der Waals surface area contributed by atoms with Crippen LogP contribution in [0.25, 0.3) is 0 Å². The van der Waals surface area contributed by atoms with Gasteiger partial charge in [0, 0.05) is 41.1 Å². The summed E-state index contributed by atoms with van der Waals surface area (Å²) in [5, 5.41) is 9.10. The minimum Gasteiger partial charge on any atom is -0.288 e. The molecule has 1 rings (SSSR count). The van der Waals surface area contributed by atoms with Crippen molar-refractivity contribution >= 4 is 10.2 Å². The van der Waals surface area contributed by atoms with Gasteiger partial charge in [-0.3, -0.25) is 9.80 Å². The predicted molar refractivity (Wildman–Crippen MR) is 98.9 cm³/mol. The maximum Gasteiger partial charge on any atom is 0.0635 e. The first-order chi connectivity index (χ1) is 10.5. The Balaban J connectivity index is 2.21. The van der Waals surface area contributed by atoms with Crippen molar-refractivity contribution in [2.24, 2.45) is 0 Å². The maximum atomic E-state index is 8.85. The second-order valence-corrected chi connectivity index (χ2v) is 9.26. The van der Waals surface area contributed by atoms with Crippen LogP contribution in [0.15, 0.2) is 0 Å². The molecule has 0 N–H and O–H groups in total. The van der Waals surface area contributed by atoms with Gasteiger partial charge in [-0.15, -0.1) is 0 Å². The fourth-order valence-electron chi connectivity index (χ4n) is 3.83. The summed E-state index contributed by atoms with van der Waals surface area (Å²) in [6.45, 7) is 10.3. The lowest BCUT2D eigenvalue weighted by atomic mass is 10.1.